The third-order valence-electron chi connectivity index (χ3n) is 17.1. The normalized spacial score (nSPS) is 23.3. The zero-order valence-corrected chi connectivity index (χ0v) is 46.3. The molecule has 16 nitrogen and oxygen atoms in total. The molecule has 84 heavy (non-hydrogen) atoms. The standard InChI is InChI=1S/2C34H30N2O6/c2*1-2-9-23-20-24-16-19-27(21-10-5-3-6-11-21)31(42-34(39)22-14-17-26(18-15-22)36(40)41)28(24)30-29(23)32(37)35(33(30)38)25-12-7-4-8-13-25/h2*3-8,10-15,17-18,20,23,28-30H,2,9,16,19H2,1H3/t2*23-,28+,29-,30+/m11/s1. The predicted molar refractivity (Wildman–Crippen MR) is 314 cm³/mol. The van der Waals surface area contributed by atoms with Crippen molar-refractivity contribution < 1.29 is 48.1 Å². The summed E-state index contributed by atoms with van der Waals surface area (Å²) in [5.74, 6) is -5.54. The third kappa shape index (κ3) is 10.6. The lowest BCUT2D eigenvalue weighted by atomic mass is 9.63. The molecule has 2 heterocycles. The van der Waals surface area contributed by atoms with Gasteiger partial charge in [0.05, 0.1) is 67.9 Å². The number of benzene rings is 6. The minimum Gasteiger partial charge on any atom is -0.426 e. The average Bonchev–Trinajstić information content (AvgIpc) is 2.56. The Bertz CT molecular complexity index is 3470. The van der Waals surface area contributed by atoms with Gasteiger partial charge in [-0.1, -0.05) is 147 Å². The van der Waals surface area contributed by atoms with Crippen LogP contribution in [0.1, 0.15) is 97.1 Å². The van der Waals surface area contributed by atoms with Crippen LogP contribution in [0.15, 0.2) is 205 Å². The lowest BCUT2D eigenvalue weighted by molar-refractivity contribution is -0.385. The summed E-state index contributed by atoms with van der Waals surface area (Å²) in [7, 11) is 0. The Kier molecular flexibility index (Phi) is 16.1. The largest absolute Gasteiger partial charge is 0.426 e. The molecule has 0 N–H and O–H groups in total. The fourth-order valence-corrected chi connectivity index (χ4v) is 13.5. The van der Waals surface area contributed by atoms with E-state index in [0.717, 1.165) is 59.1 Å². The summed E-state index contributed by atoms with van der Waals surface area (Å²) < 4.78 is 12.4. The highest BCUT2D eigenvalue weighted by molar-refractivity contribution is 6.23. The number of carbonyl (C=O) groups excluding carboxylic acids is 6. The van der Waals surface area contributed by atoms with E-state index in [1.165, 1.54) is 58.3 Å². The van der Waals surface area contributed by atoms with Crippen molar-refractivity contribution in [2.75, 3.05) is 9.80 Å². The van der Waals surface area contributed by atoms with Crippen molar-refractivity contribution in [3.05, 3.63) is 247 Å². The van der Waals surface area contributed by atoms with Crippen LogP contribution in [0.5, 0.6) is 0 Å². The summed E-state index contributed by atoms with van der Waals surface area (Å²) in [6.45, 7) is 4.14. The van der Waals surface area contributed by atoms with E-state index in [-0.39, 0.29) is 58.0 Å². The number of anilines is 2. The molecule has 2 saturated heterocycles. The van der Waals surface area contributed by atoms with Crippen LogP contribution in [0.3, 0.4) is 0 Å². The maximum atomic E-state index is 14.3. The van der Waals surface area contributed by atoms with Gasteiger partial charge in [0.25, 0.3) is 11.4 Å². The second kappa shape index (κ2) is 24.0. The van der Waals surface area contributed by atoms with E-state index in [0.29, 0.717) is 48.6 Å². The topological polar surface area (TPSA) is 214 Å². The van der Waals surface area contributed by atoms with Gasteiger partial charge in [-0.2, -0.15) is 0 Å². The van der Waals surface area contributed by atoms with Gasteiger partial charge >= 0.3 is 11.9 Å². The first-order valence-corrected chi connectivity index (χ1v) is 28.5. The molecule has 4 aliphatic carbocycles. The molecular weight excluding hydrogens is 1060 g/mol. The number of rotatable bonds is 14. The van der Waals surface area contributed by atoms with Crippen LogP contribution in [-0.4, -0.2) is 45.4 Å². The fourth-order valence-electron chi connectivity index (χ4n) is 13.5. The number of nitro groups is 2. The maximum absolute atomic E-state index is 14.3. The summed E-state index contributed by atoms with van der Waals surface area (Å²) in [5, 5.41) is 22.3. The van der Waals surface area contributed by atoms with Crippen LogP contribution in [0.2, 0.25) is 0 Å². The number of esters is 2. The molecule has 6 aromatic rings. The highest BCUT2D eigenvalue weighted by atomic mass is 16.6. The van der Waals surface area contributed by atoms with Crippen molar-refractivity contribution in [2.45, 2.75) is 65.2 Å². The van der Waals surface area contributed by atoms with E-state index >= 15 is 0 Å². The zero-order valence-electron chi connectivity index (χ0n) is 46.3. The number of hydrogen-bond donors (Lipinski definition) is 0. The number of imide groups is 2. The summed E-state index contributed by atoms with van der Waals surface area (Å²) in [6.07, 6.45) is 10.1. The minimum absolute atomic E-state index is 0.0960. The van der Waals surface area contributed by atoms with Gasteiger partial charge in [-0.3, -0.25) is 49.2 Å². The van der Waals surface area contributed by atoms with Crippen LogP contribution in [-0.2, 0) is 28.7 Å². The molecule has 0 saturated carbocycles. The maximum Gasteiger partial charge on any atom is 0.343 e. The van der Waals surface area contributed by atoms with Crippen LogP contribution >= 0.6 is 0 Å². The molecule has 0 radical (unpaired) electrons. The molecule has 16 heteroatoms. The number of non-ortho nitro benzene ring substituents is 2. The van der Waals surface area contributed by atoms with Crippen molar-refractivity contribution in [3.8, 4) is 0 Å². The first-order chi connectivity index (χ1) is 40.8. The lowest BCUT2D eigenvalue weighted by Gasteiger charge is -2.40. The van der Waals surface area contributed by atoms with Gasteiger partial charge in [-0.15, -0.1) is 0 Å². The van der Waals surface area contributed by atoms with E-state index in [9.17, 15) is 49.0 Å². The molecule has 8 atom stereocenters. The summed E-state index contributed by atoms with van der Waals surface area (Å²) in [5.41, 5.74) is 6.54. The van der Waals surface area contributed by atoms with Crippen molar-refractivity contribution in [1.29, 1.82) is 0 Å². The Labute approximate surface area is 485 Å². The van der Waals surface area contributed by atoms with Gasteiger partial charge in [-0.05, 0) is 121 Å². The number of fused-ring (bicyclic) bond motifs is 6. The molecule has 0 unspecified atom stereocenters. The Morgan fingerprint density at radius 3 is 1.10 bits per heavy atom. The highest BCUT2D eigenvalue weighted by Crippen LogP contribution is 2.56. The van der Waals surface area contributed by atoms with Gasteiger partial charge in [0.1, 0.15) is 11.5 Å². The van der Waals surface area contributed by atoms with Gasteiger partial charge in [0.2, 0.25) is 23.6 Å². The second-order valence-electron chi connectivity index (χ2n) is 21.9. The number of amides is 4. The Hall–Kier alpha value is -9.70. The van der Waals surface area contributed by atoms with Gasteiger partial charge in [0.15, 0.2) is 0 Å². The van der Waals surface area contributed by atoms with Crippen molar-refractivity contribution in [3.63, 3.8) is 0 Å². The first-order valence-electron chi connectivity index (χ1n) is 28.5. The molecule has 6 aliphatic rings. The molecule has 2 aliphatic heterocycles. The molecule has 4 amide bonds. The molecule has 0 bridgehead atoms. The zero-order chi connectivity index (χ0) is 58.8. The van der Waals surface area contributed by atoms with Crippen LogP contribution in [0.25, 0.3) is 11.1 Å². The molecule has 0 spiro atoms. The Balaban J connectivity index is 0.000000175. The van der Waals surface area contributed by atoms with Gasteiger partial charge in [0, 0.05) is 24.3 Å². The number of hydrogen-bond acceptors (Lipinski definition) is 12. The molecule has 0 aromatic heterocycles. The molecule has 2 fully saturated rings. The first kappa shape index (κ1) is 56.2. The summed E-state index contributed by atoms with van der Waals surface area (Å²) in [6, 6.07) is 47.7. The van der Waals surface area contributed by atoms with Crippen LogP contribution in [0, 0.1) is 67.6 Å². The molecule has 12 rings (SSSR count). The minimum atomic E-state index is -0.715. The van der Waals surface area contributed by atoms with Crippen LogP contribution < -0.4 is 9.80 Å². The van der Waals surface area contributed by atoms with Crippen molar-refractivity contribution in [1.82, 2.24) is 0 Å². The number of carbonyl (C=O) groups is 6. The van der Waals surface area contributed by atoms with Crippen molar-refractivity contribution >= 4 is 69.5 Å². The quantitative estimate of drug-likeness (QED) is 0.0327. The second-order valence-corrected chi connectivity index (χ2v) is 21.9. The third-order valence-corrected chi connectivity index (χ3v) is 17.1. The predicted octanol–water partition coefficient (Wildman–Crippen LogP) is 13.5. The van der Waals surface area contributed by atoms with E-state index in [4.69, 9.17) is 9.47 Å². The number of ether oxygens (including phenoxy) is 2. The SMILES string of the molecule is CCC[C@@H]1C=C2CCC(c3ccccc3)=C(OC(=O)c3ccc([N+](=O)[O-])cc3)[C@@H]2[C@@H]2C(=O)N(c3ccccc3)C(=O)[C@@H]21.CCC[C@@H]1C=C2CCC(c3ccccc3)=C(OC(=O)c3ccc([N+](=O)[O-])cc3)[C@@H]2[C@@H]2C(=O)N(c3ccccc3)C(=O)[C@@H]21. The van der Waals surface area contributed by atoms with Crippen molar-refractivity contribution in [2.24, 2.45) is 47.3 Å². The van der Waals surface area contributed by atoms with Crippen LogP contribution in [0.4, 0.5) is 22.7 Å². The Morgan fingerprint density at radius 2 is 0.774 bits per heavy atom. The van der Waals surface area contributed by atoms with E-state index in [1.54, 1.807) is 48.5 Å². The molecule has 424 valence electrons. The van der Waals surface area contributed by atoms with E-state index in [2.05, 4.69) is 26.0 Å². The number of nitro benzene ring substituents is 2. The number of para-hydroxylation sites is 2. The smallest absolute Gasteiger partial charge is 0.343 e. The summed E-state index contributed by atoms with van der Waals surface area (Å²) in [4.78, 5) is 107. The van der Waals surface area contributed by atoms with E-state index < -0.39 is 57.3 Å². The number of allylic oxidation sites excluding steroid dienone is 6. The molecular formula is C68H60N4O12. The lowest BCUT2D eigenvalue weighted by Crippen LogP contribution is -2.39. The Morgan fingerprint density at radius 1 is 0.452 bits per heavy atom. The number of nitrogens with zero attached hydrogens (tertiary/aromatic N) is 4. The highest BCUT2D eigenvalue weighted by Gasteiger charge is 2.60. The average molecular weight is 1130 g/mol. The molecule has 6 aromatic carbocycles. The van der Waals surface area contributed by atoms with E-state index in [1.807, 2.05) is 72.8 Å². The monoisotopic (exact) mass is 1120 g/mol. The summed E-state index contributed by atoms with van der Waals surface area (Å²) >= 11 is 0. The van der Waals surface area contributed by atoms with Gasteiger partial charge < -0.3 is 9.47 Å². The van der Waals surface area contributed by atoms with Gasteiger partial charge in [-0.25, -0.2) is 9.59 Å². The fraction of sp³-hybridized carbons (Fsp3) is 0.265.